The number of hydrogen-bond donors (Lipinski definition) is 0. The van der Waals surface area contributed by atoms with Crippen LogP contribution in [0.25, 0.3) is 0 Å². The second-order valence-corrected chi connectivity index (χ2v) is 5.49. The number of carbonyl (C=O) groups excluding carboxylic acids is 1. The number of amides is 1. The first kappa shape index (κ1) is 13.2. The Bertz CT molecular complexity index is 665. The number of aromatic nitrogens is 2. The molecule has 2 aromatic rings. The molecule has 0 saturated heterocycles. The van der Waals surface area contributed by atoms with Crippen molar-refractivity contribution in [1.82, 2.24) is 14.5 Å². The largest absolute Gasteiger partial charge is 0.345 e. The third kappa shape index (κ3) is 2.00. The second kappa shape index (κ2) is 4.94. The summed E-state index contributed by atoms with van der Waals surface area (Å²) >= 11 is 6.10. The van der Waals surface area contributed by atoms with E-state index in [0.717, 1.165) is 6.54 Å². The average Bonchev–Trinajstić information content (AvgIpc) is 2.82. The van der Waals surface area contributed by atoms with E-state index >= 15 is 0 Å². The highest BCUT2D eigenvalue weighted by atomic mass is 35.5. The molecule has 1 unspecified atom stereocenters. The van der Waals surface area contributed by atoms with Gasteiger partial charge in [0.1, 0.15) is 0 Å². The van der Waals surface area contributed by atoms with Crippen molar-refractivity contribution in [2.24, 2.45) is 0 Å². The molecule has 1 aliphatic rings. The summed E-state index contributed by atoms with van der Waals surface area (Å²) in [6.07, 6.45) is 3.13. The summed E-state index contributed by atoms with van der Waals surface area (Å²) in [5.74, 6) is -0.0549. The maximum Gasteiger partial charge on any atom is 0.257 e. The molecule has 0 radical (unpaired) electrons. The SMILES string of the molecule is Cc1ccc2n1CCN(C(=O)c1cnccc1Cl)C2C. The molecule has 0 aromatic carbocycles. The summed E-state index contributed by atoms with van der Waals surface area (Å²) in [7, 11) is 0. The van der Waals surface area contributed by atoms with E-state index in [1.807, 2.05) is 11.8 Å². The van der Waals surface area contributed by atoms with Gasteiger partial charge in [0.25, 0.3) is 5.91 Å². The molecule has 1 atom stereocenters. The Morgan fingerprint density at radius 3 is 2.90 bits per heavy atom. The molecule has 5 heteroatoms. The quantitative estimate of drug-likeness (QED) is 0.809. The second-order valence-electron chi connectivity index (χ2n) is 5.08. The van der Waals surface area contributed by atoms with Gasteiger partial charge in [0, 0.05) is 36.9 Å². The monoisotopic (exact) mass is 289 g/mol. The normalized spacial score (nSPS) is 17.9. The van der Waals surface area contributed by atoms with Crippen LogP contribution in [0.2, 0.25) is 5.02 Å². The van der Waals surface area contributed by atoms with Crippen LogP contribution in [-0.2, 0) is 6.54 Å². The van der Waals surface area contributed by atoms with Crippen LogP contribution in [0.5, 0.6) is 0 Å². The van der Waals surface area contributed by atoms with E-state index in [1.165, 1.54) is 17.6 Å². The molecule has 104 valence electrons. The topological polar surface area (TPSA) is 38.1 Å². The summed E-state index contributed by atoms with van der Waals surface area (Å²) < 4.78 is 2.26. The highest BCUT2D eigenvalue weighted by Crippen LogP contribution is 2.29. The molecule has 4 nitrogen and oxygen atoms in total. The van der Waals surface area contributed by atoms with E-state index in [-0.39, 0.29) is 11.9 Å². The van der Waals surface area contributed by atoms with Crippen LogP contribution in [0, 0.1) is 6.92 Å². The lowest BCUT2D eigenvalue weighted by molar-refractivity contribution is 0.0642. The van der Waals surface area contributed by atoms with Gasteiger partial charge in [0.05, 0.1) is 16.6 Å². The molecule has 0 bridgehead atoms. The molecule has 1 aliphatic heterocycles. The molecular weight excluding hydrogens is 274 g/mol. The Kier molecular flexibility index (Phi) is 3.26. The first-order valence-corrected chi connectivity index (χ1v) is 7.04. The number of aryl methyl sites for hydroxylation is 1. The molecule has 3 heterocycles. The molecule has 1 amide bonds. The van der Waals surface area contributed by atoms with Crippen molar-refractivity contribution in [3.63, 3.8) is 0 Å². The van der Waals surface area contributed by atoms with Crippen LogP contribution in [0.3, 0.4) is 0 Å². The fraction of sp³-hybridized carbons (Fsp3) is 0.333. The van der Waals surface area contributed by atoms with E-state index in [9.17, 15) is 4.79 Å². The molecule has 0 fully saturated rings. The van der Waals surface area contributed by atoms with E-state index in [4.69, 9.17) is 11.6 Å². The Balaban J connectivity index is 1.93. The standard InChI is InChI=1S/C15H16ClN3O/c1-10-3-4-14-11(2)19(8-7-18(10)14)15(20)12-9-17-6-5-13(12)16/h3-6,9,11H,7-8H2,1-2H3. The molecule has 3 rings (SSSR count). The number of halogens is 1. The average molecular weight is 290 g/mol. The third-order valence-corrected chi connectivity index (χ3v) is 4.28. The number of hydrogen-bond acceptors (Lipinski definition) is 2. The van der Waals surface area contributed by atoms with Crippen molar-refractivity contribution < 1.29 is 4.79 Å². The first-order valence-electron chi connectivity index (χ1n) is 6.66. The predicted octanol–water partition coefficient (Wildman–Crippen LogP) is 3.06. The van der Waals surface area contributed by atoms with Crippen molar-refractivity contribution >= 4 is 17.5 Å². The third-order valence-electron chi connectivity index (χ3n) is 3.95. The van der Waals surface area contributed by atoms with Crippen molar-refractivity contribution in [2.45, 2.75) is 26.4 Å². The summed E-state index contributed by atoms with van der Waals surface area (Å²) in [6.45, 7) is 5.65. The van der Waals surface area contributed by atoms with Crippen LogP contribution >= 0.6 is 11.6 Å². The minimum atomic E-state index is -0.0549. The van der Waals surface area contributed by atoms with Gasteiger partial charge in [0.2, 0.25) is 0 Å². The van der Waals surface area contributed by atoms with Crippen molar-refractivity contribution in [2.75, 3.05) is 6.54 Å². The highest BCUT2D eigenvalue weighted by Gasteiger charge is 2.29. The zero-order valence-electron chi connectivity index (χ0n) is 11.5. The van der Waals surface area contributed by atoms with Crippen molar-refractivity contribution in [3.8, 4) is 0 Å². The number of rotatable bonds is 1. The lowest BCUT2D eigenvalue weighted by Crippen LogP contribution is -2.41. The van der Waals surface area contributed by atoms with Gasteiger partial charge in [-0.2, -0.15) is 0 Å². The molecule has 20 heavy (non-hydrogen) atoms. The molecule has 0 N–H and O–H groups in total. The van der Waals surface area contributed by atoms with Gasteiger partial charge in [0.15, 0.2) is 0 Å². The fourth-order valence-corrected chi connectivity index (χ4v) is 2.97. The predicted molar refractivity (Wildman–Crippen MR) is 77.9 cm³/mol. The van der Waals surface area contributed by atoms with E-state index in [2.05, 4.69) is 28.6 Å². The minimum absolute atomic E-state index is 0.0428. The Morgan fingerprint density at radius 1 is 1.35 bits per heavy atom. The van der Waals surface area contributed by atoms with Gasteiger partial charge >= 0.3 is 0 Å². The number of pyridine rings is 1. The molecule has 0 saturated carbocycles. The van der Waals surface area contributed by atoms with Gasteiger partial charge < -0.3 is 9.47 Å². The zero-order valence-corrected chi connectivity index (χ0v) is 12.3. The molecule has 0 aliphatic carbocycles. The lowest BCUT2D eigenvalue weighted by atomic mass is 10.1. The van der Waals surface area contributed by atoms with Gasteiger partial charge in [-0.15, -0.1) is 0 Å². The first-order chi connectivity index (χ1) is 9.59. The number of carbonyl (C=O) groups is 1. The van der Waals surface area contributed by atoms with Gasteiger partial charge in [-0.1, -0.05) is 11.6 Å². The molecule has 0 spiro atoms. The van der Waals surface area contributed by atoms with Crippen LogP contribution in [0.15, 0.2) is 30.6 Å². The maximum absolute atomic E-state index is 12.6. The highest BCUT2D eigenvalue weighted by molar-refractivity contribution is 6.33. The van der Waals surface area contributed by atoms with Crippen LogP contribution in [0.4, 0.5) is 0 Å². The van der Waals surface area contributed by atoms with Gasteiger partial charge in [-0.05, 0) is 32.0 Å². The Morgan fingerprint density at radius 2 is 2.15 bits per heavy atom. The number of fused-ring (bicyclic) bond motifs is 1. The van der Waals surface area contributed by atoms with Crippen molar-refractivity contribution in [1.29, 1.82) is 0 Å². The van der Waals surface area contributed by atoms with E-state index in [0.29, 0.717) is 17.1 Å². The summed E-state index contributed by atoms with van der Waals surface area (Å²) in [6, 6.07) is 5.87. The van der Waals surface area contributed by atoms with Gasteiger partial charge in [-0.25, -0.2) is 0 Å². The van der Waals surface area contributed by atoms with Crippen LogP contribution < -0.4 is 0 Å². The lowest BCUT2D eigenvalue weighted by Gasteiger charge is -2.35. The van der Waals surface area contributed by atoms with Crippen LogP contribution in [-0.4, -0.2) is 26.9 Å². The maximum atomic E-state index is 12.6. The number of nitrogens with zero attached hydrogens (tertiary/aromatic N) is 3. The smallest absolute Gasteiger partial charge is 0.257 e. The Labute approximate surface area is 123 Å². The summed E-state index contributed by atoms with van der Waals surface area (Å²) in [5.41, 5.74) is 2.87. The van der Waals surface area contributed by atoms with Crippen molar-refractivity contribution in [3.05, 3.63) is 52.6 Å². The summed E-state index contributed by atoms with van der Waals surface area (Å²) in [5, 5.41) is 0.453. The summed E-state index contributed by atoms with van der Waals surface area (Å²) in [4.78, 5) is 18.5. The Hall–Kier alpha value is -1.81. The zero-order chi connectivity index (χ0) is 14.3. The molecular formula is C15H16ClN3O. The molecule has 2 aromatic heterocycles. The van der Waals surface area contributed by atoms with Gasteiger partial charge in [-0.3, -0.25) is 9.78 Å². The van der Waals surface area contributed by atoms with E-state index < -0.39 is 0 Å². The minimum Gasteiger partial charge on any atom is -0.345 e. The van der Waals surface area contributed by atoms with Crippen LogP contribution in [0.1, 0.15) is 34.7 Å². The fourth-order valence-electron chi connectivity index (χ4n) is 2.79. The van der Waals surface area contributed by atoms with E-state index in [1.54, 1.807) is 12.3 Å².